The Bertz CT molecular complexity index is 363. The van der Waals surface area contributed by atoms with E-state index in [1.54, 1.807) is 18.2 Å². The Morgan fingerprint density at radius 1 is 1.50 bits per heavy atom. The summed E-state index contributed by atoms with van der Waals surface area (Å²) < 4.78 is 4.96. The van der Waals surface area contributed by atoms with Gasteiger partial charge in [0.2, 0.25) is 0 Å². The van der Waals surface area contributed by atoms with Crippen molar-refractivity contribution < 1.29 is 9.84 Å². The van der Waals surface area contributed by atoms with E-state index in [0.29, 0.717) is 11.3 Å². The molecule has 1 N–H and O–H groups in total. The molecule has 1 rings (SSSR count). The number of hydrogen-bond acceptors (Lipinski definition) is 2. The quantitative estimate of drug-likeness (QED) is 0.650. The molecule has 0 saturated heterocycles. The first kappa shape index (κ1) is 10.9. The van der Waals surface area contributed by atoms with Crippen LogP contribution in [0.5, 0.6) is 11.5 Å². The predicted molar refractivity (Wildman–Crippen MR) is 59.9 cm³/mol. The van der Waals surface area contributed by atoms with Crippen molar-refractivity contribution in [3.8, 4) is 23.3 Å². The summed E-state index contributed by atoms with van der Waals surface area (Å²) in [6, 6.07) is 5.26. The average molecular weight is 255 g/mol. The SMILES string of the molecule is COc1cccc(C#CCCBr)c1O. The van der Waals surface area contributed by atoms with E-state index in [-0.39, 0.29) is 5.75 Å². The fraction of sp³-hybridized carbons (Fsp3) is 0.273. The molecule has 0 amide bonds. The Labute approximate surface area is 92.0 Å². The maximum Gasteiger partial charge on any atom is 0.173 e. The van der Waals surface area contributed by atoms with E-state index in [1.807, 2.05) is 0 Å². The van der Waals surface area contributed by atoms with Gasteiger partial charge in [-0.05, 0) is 12.1 Å². The number of ether oxygens (including phenoxy) is 1. The number of phenolic OH excluding ortho intramolecular Hbond substituents is 1. The van der Waals surface area contributed by atoms with Crippen molar-refractivity contribution >= 4 is 15.9 Å². The molecule has 0 radical (unpaired) electrons. The number of para-hydroxylation sites is 1. The minimum absolute atomic E-state index is 0.108. The van der Waals surface area contributed by atoms with Crippen LogP contribution in [0.2, 0.25) is 0 Å². The van der Waals surface area contributed by atoms with Gasteiger partial charge in [0.15, 0.2) is 11.5 Å². The van der Waals surface area contributed by atoms with Gasteiger partial charge < -0.3 is 9.84 Å². The molecule has 74 valence electrons. The number of alkyl halides is 1. The summed E-state index contributed by atoms with van der Waals surface area (Å²) in [5.74, 6) is 6.37. The molecule has 0 aromatic heterocycles. The maximum absolute atomic E-state index is 9.65. The van der Waals surface area contributed by atoms with Gasteiger partial charge >= 0.3 is 0 Å². The fourth-order valence-electron chi connectivity index (χ4n) is 0.993. The molecule has 0 aliphatic carbocycles. The van der Waals surface area contributed by atoms with Gasteiger partial charge in [0.25, 0.3) is 0 Å². The molecule has 0 saturated carbocycles. The Morgan fingerprint density at radius 3 is 2.93 bits per heavy atom. The second-order valence-electron chi connectivity index (χ2n) is 2.60. The zero-order valence-electron chi connectivity index (χ0n) is 7.88. The first-order valence-electron chi connectivity index (χ1n) is 4.20. The smallest absolute Gasteiger partial charge is 0.173 e. The first-order chi connectivity index (χ1) is 6.79. The summed E-state index contributed by atoms with van der Waals surface area (Å²) in [7, 11) is 1.52. The molecular weight excluding hydrogens is 244 g/mol. The summed E-state index contributed by atoms with van der Waals surface area (Å²) >= 11 is 3.28. The maximum atomic E-state index is 9.65. The van der Waals surface area contributed by atoms with E-state index in [4.69, 9.17) is 4.74 Å². The summed E-state index contributed by atoms with van der Waals surface area (Å²) in [5, 5.41) is 10.5. The summed E-state index contributed by atoms with van der Waals surface area (Å²) in [6.07, 6.45) is 0.761. The third-order valence-corrected chi connectivity index (χ3v) is 2.06. The van der Waals surface area contributed by atoms with Gasteiger partial charge in [-0.1, -0.05) is 33.8 Å². The normalized spacial score (nSPS) is 9.00. The second kappa shape index (κ2) is 5.56. The molecule has 0 aliphatic rings. The number of aromatic hydroxyl groups is 1. The molecule has 2 nitrogen and oxygen atoms in total. The molecule has 0 unspecified atom stereocenters. The molecule has 0 atom stereocenters. The molecule has 1 aromatic rings. The highest BCUT2D eigenvalue weighted by atomic mass is 79.9. The van der Waals surface area contributed by atoms with E-state index in [1.165, 1.54) is 7.11 Å². The summed E-state index contributed by atoms with van der Waals surface area (Å²) in [5.41, 5.74) is 0.602. The Kier molecular flexibility index (Phi) is 4.34. The van der Waals surface area contributed by atoms with Crippen LogP contribution < -0.4 is 4.74 Å². The lowest BCUT2D eigenvalue weighted by molar-refractivity contribution is 0.373. The largest absolute Gasteiger partial charge is 0.503 e. The average Bonchev–Trinajstić information content (AvgIpc) is 2.21. The van der Waals surface area contributed by atoms with Gasteiger partial charge in [-0.15, -0.1) is 0 Å². The molecular formula is C11H11BrO2. The van der Waals surface area contributed by atoms with Crippen LogP contribution in [0.3, 0.4) is 0 Å². The van der Waals surface area contributed by atoms with E-state index in [9.17, 15) is 5.11 Å². The van der Waals surface area contributed by atoms with Crippen molar-refractivity contribution in [1.29, 1.82) is 0 Å². The molecule has 0 fully saturated rings. The number of methoxy groups -OCH3 is 1. The zero-order chi connectivity index (χ0) is 10.4. The summed E-state index contributed by atoms with van der Waals surface area (Å²) in [4.78, 5) is 0. The lowest BCUT2D eigenvalue weighted by Gasteiger charge is -2.03. The lowest BCUT2D eigenvalue weighted by Crippen LogP contribution is -1.85. The monoisotopic (exact) mass is 254 g/mol. The van der Waals surface area contributed by atoms with Crippen LogP contribution in [0.15, 0.2) is 18.2 Å². The number of rotatable bonds is 2. The van der Waals surface area contributed by atoms with Gasteiger partial charge in [0, 0.05) is 11.8 Å². The number of hydrogen-bond donors (Lipinski definition) is 1. The van der Waals surface area contributed by atoms with Crippen molar-refractivity contribution in [3.63, 3.8) is 0 Å². The Morgan fingerprint density at radius 2 is 2.29 bits per heavy atom. The highest BCUT2D eigenvalue weighted by Gasteiger charge is 2.03. The minimum Gasteiger partial charge on any atom is -0.503 e. The van der Waals surface area contributed by atoms with Crippen LogP contribution in [0, 0.1) is 11.8 Å². The number of benzene rings is 1. The molecule has 1 aromatic carbocycles. The highest BCUT2D eigenvalue weighted by Crippen LogP contribution is 2.28. The molecule has 3 heteroatoms. The standard InChI is InChI=1S/C11H11BrO2/c1-14-10-7-4-6-9(11(10)13)5-2-3-8-12/h4,6-7,13H,3,8H2,1H3. The van der Waals surface area contributed by atoms with Crippen LogP contribution in [0.25, 0.3) is 0 Å². The number of halogens is 1. The predicted octanol–water partition coefficient (Wildman–Crippen LogP) is 2.54. The van der Waals surface area contributed by atoms with Crippen LogP contribution in [-0.2, 0) is 0 Å². The highest BCUT2D eigenvalue weighted by molar-refractivity contribution is 9.09. The van der Waals surface area contributed by atoms with Crippen LogP contribution >= 0.6 is 15.9 Å². The topological polar surface area (TPSA) is 29.5 Å². The van der Waals surface area contributed by atoms with Gasteiger partial charge in [-0.2, -0.15) is 0 Å². The zero-order valence-corrected chi connectivity index (χ0v) is 9.47. The minimum atomic E-state index is 0.108. The van der Waals surface area contributed by atoms with Gasteiger partial charge in [0.05, 0.1) is 12.7 Å². The van der Waals surface area contributed by atoms with Crippen molar-refractivity contribution in [1.82, 2.24) is 0 Å². The first-order valence-corrected chi connectivity index (χ1v) is 5.32. The van der Waals surface area contributed by atoms with Crippen molar-refractivity contribution in [2.45, 2.75) is 6.42 Å². The third kappa shape index (κ3) is 2.68. The van der Waals surface area contributed by atoms with Gasteiger partial charge in [0.1, 0.15) is 0 Å². The van der Waals surface area contributed by atoms with Gasteiger partial charge in [-0.3, -0.25) is 0 Å². The van der Waals surface area contributed by atoms with E-state index in [0.717, 1.165) is 11.8 Å². The molecule has 14 heavy (non-hydrogen) atoms. The van der Waals surface area contributed by atoms with Crippen molar-refractivity contribution in [2.24, 2.45) is 0 Å². The molecule has 0 aliphatic heterocycles. The number of phenols is 1. The second-order valence-corrected chi connectivity index (χ2v) is 3.39. The Hall–Kier alpha value is -1.14. The third-order valence-electron chi connectivity index (χ3n) is 1.66. The molecule has 0 heterocycles. The van der Waals surface area contributed by atoms with Crippen LogP contribution in [0.1, 0.15) is 12.0 Å². The molecule has 0 bridgehead atoms. The lowest BCUT2D eigenvalue weighted by atomic mass is 10.2. The van der Waals surface area contributed by atoms with Crippen molar-refractivity contribution in [2.75, 3.05) is 12.4 Å². The summed E-state index contributed by atoms with van der Waals surface area (Å²) in [6.45, 7) is 0. The van der Waals surface area contributed by atoms with E-state index >= 15 is 0 Å². The van der Waals surface area contributed by atoms with Crippen molar-refractivity contribution in [3.05, 3.63) is 23.8 Å². The van der Waals surface area contributed by atoms with E-state index < -0.39 is 0 Å². The van der Waals surface area contributed by atoms with Gasteiger partial charge in [-0.25, -0.2) is 0 Å². The fourth-order valence-corrected chi connectivity index (χ4v) is 1.19. The van der Waals surface area contributed by atoms with E-state index in [2.05, 4.69) is 27.8 Å². The Balaban J connectivity index is 2.94. The van der Waals surface area contributed by atoms with Crippen LogP contribution in [0.4, 0.5) is 0 Å². The molecule has 0 spiro atoms. The van der Waals surface area contributed by atoms with Crippen LogP contribution in [-0.4, -0.2) is 17.5 Å².